The minimum atomic E-state index is -3.48. The van der Waals surface area contributed by atoms with E-state index in [0.717, 1.165) is 136 Å². The third kappa shape index (κ3) is 20.6. The lowest BCUT2D eigenvalue weighted by Crippen LogP contribution is -2.48. The zero-order valence-corrected chi connectivity index (χ0v) is 63.4. The summed E-state index contributed by atoms with van der Waals surface area (Å²) < 4.78 is 77.9. The van der Waals surface area contributed by atoms with Crippen LogP contribution in [0.3, 0.4) is 0 Å². The lowest BCUT2D eigenvalue weighted by Gasteiger charge is -2.46. The number of aromatic hydroxyl groups is 1. The summed E-state index contributed by atoms with van der Waals surface area (Å²) in [5.74, 6) is 8.42. The van der Waals surface area contributed by atoms with Crippen LogP contribution in [0.1, 0.15) is 175 Å². The molecular formula is C79H121FN4O16S. The Morgan fingerprint density at radius 3 is 0.990 bits per heavy atom. The van der Waals surface area contributed by atoms with E-state index < -0.39 is 16.8 Å². The summed E-state index contributed by atoms with van der Waals surface area (Å²) in [7, 11) is 2.95. The molecular weight excluding hydrogens is 1310 g/mol. The van der Waals surface area contributed by atoms with Crippen molar-refractivity contribution in [2.24, 2.45) is 47.3 Å². The van der Waals surface area contributed by atoms with E-state index in [-0.39, 0.29) is 87.4 Å². The van der Waals surface area contributed by atoms with Gasteiger partial charge in [-0.15, -0.1) is 0 Å². The van der Waals surface area contributed by atoms with Crippen molar-refractivity contribution in [2.45, 2.75) is 181 Å². The van der Waals surface area contributed by atoms with E-state index in [1.807, 2.05) is 42.5 Å². The summed E-state index contributed by atoms with van der Waals surface area (Å²) in [4.78, 5) is 10.0. The quantitative estimate of drug-likeness (QED) is 0.0299. The van der Waals surface area contributed by atoms with Gasteiger partial charge in [0.1, 0.15) is 33.1 Å². The van der Waals surface area contributed by atoms with Gasteiger partial charge < -0.3 is 63.8 Å². The van der Waals surface area contributed by atoms with E-state index in [0.29, 0.717) is 87.6 Å². The molecule has 12 rings (SSSR count). The van der Waals surface area contributed by atoms with E-state index in [9.17, 15) is 38.3 Å². The van der Waals surface area contributed by atoms with Crippen LogP contribution in [0.5, 0.6) is 46.0 Å². The summed E-state index contributed by atoms with van der Waals surface area (Å²) >= 11 is 0. The Labute approximate surface area is 601 Å². The predicted molar refractivity (Wildman–Crippen MR) is 390 cm³/mol. The van der Waals surface area contributed by atoms with E-state index in [1.54, 1.807) is 28.4 Å². The molecule has 4 aromatic rings. The maximum Gasteiger partial charge on any atom is 0.264 e. The Hall–Kier alpha value is -5.24. The predicted octanol–water partition coefficient (Wildman–Crippen LogP) is 10.9. The summed E-state index contributed by atoms with van der Waals surface area (Å²) in [6.45, 7) is 25.4. The fourth-order valence-electron chi connectivity index (χ4n) is 17.4. The number of nitrogens with zero attached hydrogens (tertiary/aromatic N) is 4. The van der Waals surface area contributed by atoms with Gasteiger partial charge in [0.15, 0.2) is 46.0 Å². The first-order chi connectivity index (χ1) is 48.2. The number of ether oxygens (including phenoxy) is 7. The number of aliphatic hydroxyl groups is 5. The maximum atomic E-state index is 12.4. The van der Waals surface area contributed by atoms with Crippen LogP contribution in [-0.4, -0.2) is 210 Å². The zero-order chi connectivity index (χ0) is 73.0. The third-order valence-corrected chi connectivity index (χ3v) is 22.5. The van der Waals surface area contributed by atoms with Gasteiger partial charge in [-0.2, -0.15) is 8.42 Å². The minimum absolute atomic E-state index is 0.0138. The van der Waals surface area contributed by atoms with Crippen LogP contribution >= 0.6 is 0 Å². The lowest BCUT2D eigenvalue weighted by atomic mass is 9.79. The second-order valence-electron chi connectivity index (χ2n) is 31.1. The number of fused-ring (bicyclic) bond motifs is 12. The van der Waals surface area contributed by atoms with Gasteiger partial charge in [0.05, 0.1) is 65.7 Å². The minimum Gasteiger partial charge on any atom is -0.504 e. The molecule has 20 nitrogen and oxygen atoms in total. The van der Waals surface area contributed by atoms with Crippen molar-refractivity contribution in [1.82, 2.24) is 19.6 Å². The van der Waals surface area contributed by atoms with E-state index in [4.69, 9.17) is 42.4 Å². The van der Waals surface area contributed by atoms with Crippen LogP contribution in [0.15, 0.2) is 48.5 Å². The number of rotatable bonds is 23. The molecule has 4 fully saturated rings. The molecule has 0 saturated carbocycles. The van der Waals surface area contributed by atoms with Gasteiger partial charge in [0.25, 0.3) is 10.1 Å². The van der Waals surface area contributed by atoms with Gasteiger partial charge in [-0.05, 0) is 217 Å². The van der Waals surface area contributed by atoms with Crippen LogP contribution in [0.25, 0.3) is 0 Å². The lowest BCUT2D eigenvalue weighted by molar-refractivity contribution is -0.0193. The number of piperidine rings is 4. The molecule has 0 radical (unpaired) electrons. The summed E-state index contributed by atoms with van der Waals surface area (Å²) in [6, 6.07) is 16.8. The number of methoxy groups -OCH3 is 4. The fourth-order valence-corrected chi connectivity index (χ4v) is 17.7. The molecule has 0 aromatic heterocycles. The number of alkyl halides is 1. The number of hydrogen-bond donors (Lipinski definition) is 6. The summed E-state index contributed by atoms with van der Waals surface area (Å²) in [6.07, 6.45) is 11.1. The van der Waals surface area contributed by atoms with E-state index in [2.05, 4.69) is 81.1 Å². The first kappa shape index (κ1) is 79.9. The monoisotopic (exact) mass is 1430 g/mol. The van der Waals surface area contributed by atoms with Gasteiger partial charge >= 0.3 is 0 Å². The highest BCUT2D eigenvalue weighted by molar-refractivity contribution is 7.86. The van der Waals surface area contributed by atoms with Gasteiger partial charge in [0, 0.05) is 76.5 Å². The van der Waals surface area contributed by atoms with Gasteiger partial charge in [-0.1, -0.05) is 55.4 Å². The van der Waals surface area contributed by atoms with E-state index in [1.165, 1.54) is 44.5 Å². The van der Waals surface area contributed by atoms with E-state index >= 15 is 0 Å². The van der Waals surface area contributed by atoms with Crippen LogP contribution in [-0.2, 0) is 40.0 Å². The second kappa shape index (κ2) is 36.7. The molecule has 566 valence electrons. The Morgan fingerprint density at radius 2 is 0.713 bits per heavy atom. The number of hydrogen-bond acceptors (Lipinski definition) is 20. The molecule has 8 heterocycles. The molecule has 8 aliphatic heterocycles. The van der Waals surface area contributed by atoms with Crippen LogP contribution in [0.4, 0.5) is 4.39 Å². The number of benzene rings is 4. The first-order valence-corrected chi connectivity index (χ1v) is 39.1. The van der Waals surface area contributed by atoms with Crippen molar-refractivity contribution >= 4 is 10.1 Å². The Morgan fingerprint density at radius 1 is 0.426 bits per heavy atom. The van der Waals surface area contributed by atoms with Crippen molar-refractivity contribution in [1.29, 1.82) is 0 Å². The molecule has 4 saturated heterocycles. The number of aliphatic hydroxyl groups excluding tert-OH is 5. The SMILES string of the molecule is COc1cc2c(cc1O)CCN1CC(CC(C)C)C(O)CC21.COc1cc2c(cc1OCCF)CCN1CC(CC(C)C)C(O)CC21.COc1cc2c(cc1OCCO)CCN1CC(CC(C)C)C(O)CC21.COc1cc2c(cc1OCCOS(C)(=O)=O)CCN1CC(CC(C)C)C(O)CC21. The molecule has 0 spiro atoms. The highest BCUT2D eigenvalue weighted by Gasteiger charge is 2.43. The molecule has 101 heavy (non-hydrogen) atoms. The molecule has 22 heteroatoms. The first-order valence-electron chi connectivity index (χ1n) is 37.3. The Kier molecular flexibility index (Phi) is 29.0. The normalized spacial score (nSPS) is 26.3. The average Bonchev–Trinajstić information content (AvgIpc) is 0.788. The molecule has 12 unspecified atom stereocenters. The largest absolute Gasteiger partial charge is 0.504 e. The molecule has 8 aliphatic rings. The van der Waals surface area contributed by atoms with Gasteiger partial charge in [-0.25, -0.2) is 4.39 Å². The molecule has 12 atom stereocenters. The van der Waals surface area contributed by atoms with Crippen molar-refractivity contribution in [2.75, 3.05) is 127 Å². The standard InChI is InChI=1S/C21H33NO6S.C20H30FNO3.C20H31NO4.C18H27NO3/c1-14(2)9-16-13-22-6-5-15-10-21(27-7-8-28-29(4,24)25)20(26-3)11-17(15)18(22)12-19(16)23;1-13(2)8-15-12-22-6-4-14-9-20(25-7-5-21)19(24-3)10-16(14)17(22)11-18(15)23;1-13(2)8-15-12-21-5-4-14-9-20(25-7-6-22)19(24-3)10-16(14)17(21)11-18(15)23;1-11(2)6-13-10-19-5-4-12-7-17(21)18(22-3)8-14(12)15(19)9-16(13)20/h10-11,14,16,18-19,23H,5-9,12-13H2,1-4H3;9-10,13,15,17-18,23H,4-8,11-12H2,1-3H3;9-10,13,15,17-18,22-23H,4-8,11-12H2,1-3H3;7-8,11,13,15-16,20-21H,4-6,9-10H2,1-3H3. The maximum absolute atomic E-state index is 12.4. The average molecular weight is 1430 g/mol. The molecule has 0 amide bonds. The second-order valence-corrected chi connectivity index (χ2v) is 32.8. The van der Waals surface area contributed by atoms with Crippen molar-refractivity contribution in [3.8, 4) is 46.0 Å². The smallest absolute Gasteiger partial charge is 0.264 e. The molecule has 6 N–H and O–H groups in total. The van der Waals surface area contributed by atoms with Crippen molar-refractivity contribution in [3.05, 3.63) is 93.0 Å². The number of phenols is 1. The highest BCUT2D eigenvalue weighted by atomic mass is 32.2. The van der Waals surface area contributed by atoms with Gasteiger partial charge in [0.2, 0.25) is 0 Å². The molecule has 4 aromatic carbocycles. The summed E-state index contributed by atoms with van der Waals surface area (Å²) in [5, 5.41) is 61.6. The highest BCUT2D eigenvalue weighted by Crippen LogP contribution is 2.49. The topological polar surface area (TPSA) is 242 Å². The fraction of sp³-hybridized carbons (Fsp3) is 0.696. The van der Waals surface area contributed by atoms with Crippen LogP contribution < -0.4 is 33.2 Å². The van der Waals surface area contributed by atoms with Crippen LogP contribution in [0, 0.1) is 47.3 Å². The van der Waals surface area contributed by atoms with Crippen LogP contribution in [0.2, 0.25) is 0 Å². The number of phenolic OH excluding ortho intramolecular Hbond substituents is 1. The zero-order valence-electron chi connectivity index (χ0n) is 62.6. The van der Waals surface area contributed by atoms with Gasteiger partial charge in [-0.3, -0.25) is 23.8 Å². The molecule has 0 bridgehead atoms. The molecule has 0 aliphatic carbocycles. The Bertz CT molecular complexity index is 3310. The summed E-state index contributed by atoms with van der Waals surface area (Å²) in [5.41, 5.74) is 9.75. The number of halogens is 1. The Balaban J connectivity index is 0.000000157. The van der Waals surface area contributed by atoms with Crippen molar-refractivity contribution < 1.29 is 80.8 Å². The third-order valence-electron chi connectivity index (χ3n) is 21.9. The van der Waals surface area contributed by atoms with Crippen molar-refractivity contribution in [3.63, 3.8) is 0 Å².